The minimum absolute atomic E-state index is 0.0439. The summed E-state index contributed by atoms with van der Waals surface area (Å²) in [6.45, 7) is 1.34. The fourth-order valence-corrected chi connectivity index (χ4v) is 1.94. The molecule has 0 bridgehead atoms. The predicted octanol–water partition coefficient (Wildman–Crippen LogP) is 2.22. The Balaban J connectivity index is 2.21. The highest BCUT2D eigenvalue weighted by molar-refractivity contribution is 5.90. The van der Waals surface area contributed by atoms with Crippen molar-refractivity contribution in [3.8, 4) is 5.75 Å². The number of benzene rings is 1. The van der Waals surface area contributed by atoms with Gasteiger partial charge in [-0.1, -0.05) is 0 Å². The van der Waals surface area contributed by atoms with Gasteiger partial charge in [0.15, 0.2) is 23.2 Å². The number of aryl methyl sites for hydroxylation is 1. The second kappa shape index (κ2) is 6.55. The Hall–Kier alpha value is -2.77. The number of carbonyl (C=O) groups excluding carboxylic acids is 1. The molecule has 1 heterocycles. The van der Waals surface area contributed by atoms with Crippen LogP contribution in [0, 0.1) is 24.4 Å². The molecule has 1 amide bonds. The van der Waals surface area contributed by atoms with Crippen molar-refractivity contribution in [2.45, 2.75) is 13.5 Å². The molecular weight excluding hydrogens is 313 g/mol. The Morgan fingerprint density at radius 2 is 1.96 bits per heavy atom. The van der Waals surface area contributed by atoms with E-state index in [9.17, 15) is 22.8 Å². The van der Waals surface area contributed by atoms with E-state index in [0.717, 1.165) is 6.07 Å². The van der Waals surface area contributed by atoms with Crippen LogP contribution in [-0.4, -0.2) is 17.6 Å². The molecule has 0 aliphatic heterocycles. The van der Waals surface area contributed by atoms with E-state index in [1.165, 1.54) is 23.9 Å². The van der Waals surface area contributed by atoms with Crippen LogP contribution in [0.3, 0.4) is 0 Å². The summed E-state index contributed by atoms with van der Waals surface area (Å²) in [5.41, 5.74) is -0.329. The van der Waals surface area contributed by atoms with Crippen LogP contribution in [0.2, 0.25) is 0 Å². The molecule has 0 spiro atoms. The zero-order valence-electron chi connectivity index (χ0n) is 12.3. The number of hydrogen-bond acceptors (Lipinski definition) is 3. The molecule has 0 aliphatic rings. The SMILES string of the molecule is COc1cn(CC(=O)Nc2ccc(F)c(F)c2F)c(C)cc1=O. The molecular formula is C15H13F3N2O3. The molecule has 2 aromatic rings. The van der Waals surface area contributed by atoms with E-state index in [1.807, 2.05) is 0 Å². The summed E-state index contributed by atoms with van der Waals surface area (Å²) in [5, 5.41) is 2.15. The number of carbonyl (C=O) groups is 1. The number of anilines is 1. The fourth-order valence-electron chi connectivity index (χ4n) is 1.94. The van der Waals surface area contributed by atoms with Crippen LogP contribution < -0.4 is 15.5 Å². The van der Waals surface area contributed by atoms with Crippen LogP contribution in [-0.2, 0) is 11.3 Å². The van der Waals surface area contributed by atoms with Crippen molar-refractivity contribution >= 4 is 11.6 Å². The fraction of sp³-hybridized carbons (Fsp3) is 0.200. The third kappa shape index (κ3) is 3.53. The average molecular weight is 326 g/mol. The minimum atomic E-state index is -1.66. The number of rotatable bonds is 4. The highest BCUT2D eigenvalue weighted by Gasteiger charge is 2.16. The van der Waals surface area contributed by atoms with E-state index < -0.39 is 29.0 Å². The largest absolute Gasteiger partial charge is 0.491 e. The molecule has 1 aromatic carbocycles. The highest BCUT2D eigenvalue weighted by atomic mass is 19.2. The lowest BCUT2D eigenvalue weighted by atomic mass is 10.2. The third-order valence-electron chi connectivity index (χ3n) is 3.15. The van der Waals surface area contributed by atoms with Gasteiger partial charge in [-0.3, -0.25) is 9.59 Å². The van der Waals surface area contributed by atoms with Crippen LogP contribution in [0.1, 0.15) is 5.69 Å². The minimum Gasteiger partial charge on any atom is -0.491 e. The highest BCUT2D eigenvalue weighted by Crippen LogP contribution is 2.19. The maximum atomic E-state index is 13.5. The summed E-state index contributed by atoms with van der Waals surface area (Å²) < 4.78 is 45.8. The van der Waals surface area contributed by atoms with E-state index >= 15 is 0 Å². The summed E-state index contributed by atoms with van der Waals surface area (Å²) in [5.74, 6) is -5.12. The monoisotopic (exact) mass is 326 g/mol. The first-order valence-corrected chi connectivity index (χ1v) is 6.52. The number of halogens is 3. The van der Waals surface area contributed by atoms with Crippen molar-refractivity contribution < 1.29 is 22.7 Å². The first-order chi connectivity index (χ1) is 10.8. The van der Waals surface area contributed by atoms with Crippen LogP contribution in [0.15, 0.2) is 29.2 Å². The summed E-state index contributed by atoms with van der Waals surface area (Å²) in [7, 11) is 1.31. The van der Waals surface area contributed by atoms with Gasteiger partial charge in [-0.05, 0) is 19.1 Å². The number of pyridine rings is 1. The standard InChI is InChI=1S/C15H13F3N2O3/c1-8-5-11(21)12(23-2)6-20(8)7-13(22)19-10-4-3-9(16)14(17)15(10)18/h3-6H,7H2,1-2H3,(H,19,22). The molecule has 0 unspecified atom stereocenters. The topological polar surface area (TPSA) is 60.3 Å². The normalized spacial score (nSPS) is 10.5. The molecule has 0 atom stereocenters. The first kappa shape index (κ1) is 16.6. The van der Waals surface area contributed by atoms with Crippen molar-refractivity contribution in [2.75, 3.05) is 12.4 Å². The number of amides is 1. The van der Waals surface area contributed by atoms with Gasteiger partial charge in [-0.15, -0.1) is 0 Å². The van der Waals surface area contributed by atoms with Gasteiger partial charge in [0.2, 0.25) is 11.3 Å². The van der Waals surface area contributed by atoms with Crippen molar-refractivity contribution in [3.05, 3.63) is 57.8 Å². The Bertz CT molecular complexity index is 818. The van der Waals surface area contributed by atoms with E-state index in [0.29, 0.717) is 11.8 Å². The number of methoxy groups -OCH3 is 1. The maximum Gasteiger partial charge on any atom is 0.244 e. The Morgan fingerprint density at radius 3 is 2.61 bits per heavy atom. The maximum absolute atomic E-state index is 13.5. The van der Waals surface area contributed by atoms with Gasteiger partial charge < -0.3 is 14.6 Å². The molecule has 122 valence electrons. The van der Waals surface area contributed by atoms with Crippen molar-refractivity contribution in [2.24, 2.45) is 0 Å². The Morgan fingerprint density at radius 1 is 1.26 bits per heavy atom. The zero-order valence-corrected chi connectivity index (χ0v) is 12.3. The second-order valence-corrected chi connectivity index (χ2v) is 4.75. The lowest BCUT2D eigenvalue weighted by Crippen LogP contribution is -2.22. The number of ether oxygens (including phenoxy) is 1. The average Bonchev–Trinajstić information content (AvgIpc) is 2.50. The molecule has 23 heavy (non-hydrogen) atoms. The lowest BCUT2D eigenvalue weighted by molar-refractivity contribution is -0.116. The molecule has 0 aliphatic carbocycles. The van der Waals surface area contributed by atoms with Gasteiger partial charge in [-0.2, -0.15) is 0 Å². The molecule has 0 fully saturated rings. The molecule has 8 heteroatoms. The van der Waals surface area contributed by atoms with Gasteiger partial charge >= 0.3 is 0 Å². The third-order valence-corrected chi connectivity index (χ3v) is 3.15. The van der Waals surface area contributed by atoms with E-state index in [1.54, 1.807) is 6.92 Å². The van der Waals surface area contributed by atoms with Crippen LogP contribution >= 0.6 is 0 Å². The summed E-state index contributed by atoms with van der Waals surface area (Å²) in [4.78, 5) is 23.5. The molecule has 1 aromatic heterocycles. The van der Waals surface area contributed by atoms with Crippen LogP contribution in [0.5, 0.6) is 5.75 Å². The number of nitrogens with one attached hydrogen (secondary N) is 1. The lowest BCUT2D eigenvalue weighted by Gasteiger charge is -2.13. The van der Waals surface area contributed by atoms with E-state index in [-0.39, 0.29) is 17.7 Å². The van der Waals surface area contributed by atoms with Crippen LogP contribution in [0.4, 0.5) is 18.9 Å². The quantitative estimate of drug-likeness (QED) is 0.877. The van der Waals surface area contributed by atoms with Crippen molar-refractivity contribution in [1.29, 1.82) is 0 Å². The summed E-state index contributed by atoms with van der Waals surface area (Å²) >= 11 is 0. The molecule has 0 saturated heterocycles. The van der Waals surface area contributed by atoms with Gasteiger partial charge in [0, 0.05) is 11.8 Å². The number of hydrogen-bond donors (Lipinski definition) is 1. The van der Waals surface area contributed by atoms with Gasteiger partial charge in [0.25, 0.3) is 0 Å². The first-order valence-electron chi connectivity index (χ1n) is 6.52. The van der Waals surface area contributed by atoms with Crippen LogP contribution in [0.25, 0.3) is 0 Å². The molecule has 1 N–H and O–H groups in total. The van der Waals surface area contributed by atoms with Crippen molar-refractivity contribution in [1.82, 2.24) is 4.57 Å². The molecule has 0 radical (unpaired) electrons. The predicted molar refractivity (Wildman–Crippen MR) is 76.9 cm³/mol. The Kier molecular flexibility index (Phi) is 4.73. The van der Waals surface area contributed by atoms with Gasteiger partial charge in [0.1, 0.15) is 6.54 Å². The summed E-state index contributed by atoms with van der Waals surface area (Å²) in [6, 6.07) is 2.91. The van der Waals surface area contributed by atoms with Gasteiger partial charge in [0.05, 0.1) is 19.0 Å². The van der Waals surface area contributed by atoms with E-state index in [4.69, 9.17) is 4.74 Å². The van der Waals surface area contributed by atoms with E-state index in [2.05, 4.69) is 5.32 Å². The number of nitrogens with zero attached hydrogens (tertiary/aromatic N) is 1. The molecule has 2 rings (SSSR count). The molecule has 5 nitrogen and oxygen atoms in total. The second-order valence-electron chi connectivity index (χ2n) is 4.75. The smallest absolute Gasteiger partial charge is 0.244 e. The van der Waals surface area contributed by atoms with Crippen molar-refractivity contribution in [3.63, 3.8) is 0 Å². The number of aromatic nitrogens is 1. The zero-order chi connectivity index (χ0) is 17.1. The molecule has 0 saturated carbocycles. The van der Waals surface area contributed by atoms with Gasteiger partial charge in [-0.25, -0.2) is 13.2 Å². The summed E-state index contributed by atoms with van der Waals surface area (Å²) in [6.07, 6.45) is 1.33. The Labute approximate surface area is 129 Å².